The summed E-state index contributed by atoms with van der Waals surface area (Å²) in [5.41, 5.74) is -2.54. The van der Waals surface area contributed by atoms with Gasteiger partial charge in [0.1, 0.15) is 17.0 Å². The second-order valence-corrected chi connectivity index (χ2v) is 39.2. The number of hydrogen-bond acceptors (Lipinski definition) is 18. The summed E-state index contributed by atoms with van der Waals surface area (Å²) < 4.78 is 143. The van der Waals surface area contributed by atoms with E-state index in [1.807, 2.05) is 54.1 Å². The number of alkyl halides is 6. The molecule has 2 bridgehead atoms. The van der Waals surface area contributed by atoms with Crippen molar-refractivity contribution < 1.29 is 77.1 Å². The summed E-state index contributed by atoms with van der Waals surface area (Å²) in [4.78, 5) is 95.9. The van der Waals surface area contributed by atoms with Gasteiger partial charge in [-0.1, -0.05) is 94.7 Å². The van der Waals surface area contributed by atoms with Crippen LogP contribution in [0.4, 0.5) is 37.7 Å². The number of carbonyl (C=O) groups is 6. The lowest BCUT2D eigenvalue weighted by Gasteiger charge is -2.72. The number of piperazine rings is 2. The lowest BCUT2D eigenvalue weighted by atomic mass is 9.32. The van der Waals surface area contributed by atoms with E-state index in [9.17, 15) is 77.1 Å². The number of sulfone groups is 1. The number of aliphatic hydroxyl groups is 1. The van der Waals surface area contributed by atoms with E-state index in [2.05, 4.69) is 54.8 Å². The van der Waals surface area contributed by atoms with E-state index in [4.69, 9.17) is 0 Å². The van der Waals surface area contributed by atoms with Crippen LogP contribution in [0, 0.1) is 28.6 Å². The third-order valence-electron chi connectivity index (χ3n) is 23.6. The normalized spacial score (nSPS) is 22.7. The van der Waals surface area contributed by atoms with Crippen LogP contribution in [0.5, 0.6) is 0 Å². The number of halogens is 6. The van der Waals surface area contributed by atoms with Crippen LogP contribution in [-0.2, 0) is 43.8 Å². The number of aliphatic hydroxyl groups excluding tert-OH is 1. The number of nitrogens with one attached hydrogen (secondary N) is 5. The van der Waals surface area contributed by atoms with Crippen LogP contribution in [-0.4, -0.2) is 208 Å². The van der Waals surface area contributed by atoms with E-state index in [0.29, 0.717) is 96.0 Å². The number of allylic oxidation sites excluding steroid dienone is 1. The SMILES string of the molecule is Cc1ncsc1-c1ccc([C@H](CC(=O)NCCCCCC(=O)N2CCN(CC[C@H](CSc3ccccc3)Nc3ccc(S(=O)(=O)NC(=O)c4ccc(N5CCN(CC6=C(C78CC(C(F)F)(C7)C8)CC(C)(C)CC6)CC5)cc4)cc3S(=O)(=O)C(F)(F)F)CC2)NC(=O)[C@@H]2C[C@@H](O)CN2C(=O)[C@@H](NC(=O)C2(F)CC2)C(C)(C)C)cc1. The third-order valence-corrected chi connectivity index (χ3v) is 28.6. The zero-order chi connectivity index (χ0) is 81.2. The summed E-state index contributed by atoms with van der Waals surface area (Å²) in [5.74, 6) is -3.48. The minimum Gasteiger partial charge on any atom is -0.391 e. The Labute approximate surface area is 665 Å². The summed E-state index contributed by atoms with van der Waals surface area (Å²) in [5, 5.41) is 22.3. The minimum absolute atomic E-state index is 0.0377. The molecule has 3 aliphatic heterocycles. The van der Waals surface area contributed by atoms with Gasteiger partial charge in [0.25, 0.3) is 31.7 Å². The minimum atomic E-state index is -6.21. The molecule has 1 aromatic heterocycles. The molecule has 5 atom stereocenters. The summed E-state index contributed by atoms with van der Waals surface area (Å²) in [6.45, 7) is 17.2. The van der Waals surface area contributed by atoms with E-state index in [1.165, 1.54) is 51.3 Å². The fourth-order valence-electron chi connectivity index (χ4n) is 16.7. The van der Waals surface area contributed by atoms with Gasteiger partial charge in [-0.15, -0.1) is 23.1 Å². The third kappa shape index (κ3) is 19.9. The first-order chi connectivity index (χ1) is 53.3. The van der Waals surface area contributed by atoms with E-state index >= 15 is 0 Å². The van der Waals surface area contributed by atoms with E-state index in [0.717, 1.165) is 77.7 Å². The Morgan fingerprint density at radius 3 is 2.10 bits per heavy atom. The zero-order valence-corrected chi connectivity index (χ0v) is 68.0. The van der Waals surface area contributed by atoms with Crippen LogP contribution in [0.1, 0.15) is 159 Å². The number of nitrogens with zero attached hydrogens (tertiary/aromatic N) is 6. The zero-order valence-electron chi connectivity index (χ0n) is 64.7. The number of β-amino-alcohol motifs (C(OH)–C–C–N with tert-alkyl or cyclic N) is 1. The molecule has 4 heterocycles. The Hall–Kier alpha value is -7.62. The molecular weight excluding hydrogens is 1550 g/mol. The highest BCUT2D eigenvalue weighted by molar-refractivity contribution is 7.99. The van der Waals surface area contributed by atoms with Crippen LogP contribution >= 0.6 is 23.1 Å². The Balaban J connectivity index is 0.612. The average Bonchev–Trinajstić information content (AvgIpc) is 1.32. The van der Waals surface area contributed by atoms with E-state index in [1.54, 1.807) is 55.4 Å². The number of thioether (sulfide) groups is 1. The molecule has 8 aliphatic rings. The quantitative estimate of drug-likeness (QED) is 0.0101. The molecule has 0 spiro atoms. The second-order valence-electron chi connectivity index (χ2n) is 33.7. The van der Waals surface area contributed by atoms with E-state index < -0.39 is 118 Å². The summed E-state index contributed by atoms with van der Waals surface area (Å²) in [7, 11) is -11.2. The van der Waals surface area contributed by atoms with Crippen LogP contribution in [0.2, 0.25) is 0 Å². The van der Waals surface area contributed by atoms with E-state index in [-0.39, 0.29) is 85.6 Å². The first-order valence-corrected chi connectivity index (χ1v) is 43.8. The number of carbonyl (C=O) groups excluding carboxylic acids is 6. The van der Waals surface area contributed by atoms with Crippen LogP contribution < -0.4 is 30.9 Å². The number of unbranched alkanes of at least 4 members (excludes halogenated alkanes) is 2. The number of thiazole rings is 1. The number of rotatable bonds is 32. The number of likely N-dealkylation sites (tertiary alicyclic amines) is 1. The Bertz CT molecular complexity index is 4550. The van der Waals surface area contributed by atoms with Gasteiger partial charge in [-0.05, 0) is 160 Å². The van der Waals surface area contributed by atoms with Crippen molar-refractivity contribution in [2.45, 2.75) is 200 Å². The predicted molar refractivity (Wildman–Crippen MR) is 421 cm³/mol. The largest absolute Gasteiger partial charge is 0.501 e. The maximum absolute atomic E-state index is 14.9. The fraction of sp³-hybridized carbons (Fsp3) is 0.568. The van der Waals surface area contributed by atoms with Crippen LogP contribution in [0.15, 0.2) is 128 Å². The maximum atomic E-state index is 14.9. The van der Waals surface area contributed by atoms with Gasteiger partial charge < -0.3 is 41.1 Å². The maximum Gasteiger partial charge on any atom is 0.501 e. The summed E-state index contributed by atoms with van der Waals surface area (Å²) in [6, 6.07) is 21.0. The Morgan fingerprint density at radius 2 is 1.47 bits per heavy atom. The van der Waals surface area contributed by atoms with Crippen molar-refractivity contribution in [3.05, 3.63) is 131 Å². The lowest BCUT2D eigenvalue weighted by molar-refractivity contribution is -0.250. The molecule has 13 rings (SSSR count). The van der Waals surface area contributed by atoms with Gasteiger partial charge in [0.15, 0.2) is 5.67 Å². The molecular formula is C81H103F6N11O11S4. The Morgan fingerprint density at radius 1 is 0.796 bits per heavy atom. The smallest absolute Gasteiger partial charge is 0.391 e. The standard InChI is InChI=1S/C81H103F6N11O11S4/c1-52-69(111-51-89-52)54-18-16-53(17-19-54)64(91-72(103)65-41-59(99)46-98(65)73(104)70(76(2,3)4)92-75(105)80(84)29-30-80)43-67(100)88-31-12-8-11-15-68(101)97-39-33-94(34-40-97)32-27-57(47-110-60-13-9-7-10-14-60)90-63-25-24-61(42-66(63)112(106,107)81(85,86)87)113(108,109)93-71(102)55-20-22-58(23-21-55)96-37-35-95(36-38-96)45-56-26-28-77(5,6)44-62(56)78-48-79(49-78,50-78)74(82)83/h7,9-10,13-14,16-25,42,51,57,59,64-65,70,74,90,99H,8,11-12,15,26-41,43-50H2,1-6H3,(H,88,100)(H,91,103)(H,92,105)(H,93,102)/t57-,59-,64+,65+,70-,78?,79?/m1/s1. The highest BCUT2D eigenvalue weighted by atomic mass is 32.2. The highest BCUT2D eigenvalue weighted by Gasteiger charge is 2.73. The van der Waals surface area contributed by atoms with Crippen molar-refractivity contribution in [1.29, 1.82) is 0 Å². The molecule has 32 heteroatoms. The molecule has 7 fully saturated rings. The number of anilines is 2. The monoisotopic (exact) mass is 1650 g/mol. The number of amides is 6. The number of hydrogen-bond donors (Lipinski definition) is 6. The van der Waals surface area contributed by atoms with Gasteiger partial charge in [0, 0.05) is 125 Å². The van der Waals surface area contributed by atoms with Gasteiger partial charge >= 0.3 is 5.51 Å². The first kappa shape index (κ1) is 84.8. The van der Waals surface area contributed by atoms with Crippen LogP contribution in [0.25, 0.3) is 10.4 Å². The van der Waals surface area contributed by atoms with Crippen molar-refractivity contribution >= 4 is 89.8 Å². The number of aromatic nitrogens is 1. The highest BCUT2D eigenvalue weighted by Crippen LogP contribution is 2.79. The first-order valence-electron chi connectivity index (χ1n) is 38.9. The molecule has 614 valence electrons. The fourth-order valence-corrected chi connectivity index (χ4v) is 20.5. The predicted octanol–water partition coefficient (Wildman–Crippen LogP) is 11.6. The Kier molecular flexibility index (Phi) is 25.7. The second kappa shape index (κ2) is 34.3. The van der Waals surface area contributed by atoms with Crippen LogP contribution in [0.3, 0.4) is 0 Å². The molecule has 22 nitrogen and oxygen atoms in total. The molecule has 4 aromatic carbocycles. The van der Waals surface area contributed by atoms with Crippen molar-refractivity contribution in [2.75, 3.05) is 94.5 Å². The van der Waals surface area contributed by atoms with Crippen molar-refractivity contribution in [2.24, 2.45) is 21.7 Å². The number of benzene rings is 4. The molecule has 5 aromatic rings. The summed E-state index contributed by atoms with van der Waals surface area (Å²) in [6.07, 6.45) is 3.20. The van der Waals surface area contributed by atoms with Gasteiger partial charge in [0.05, 0.1) is 45.2 Å². The van der Waals surface area contributed by atoms with Crippen molar-refractivity contribution in [3.8, 4) is 10.4 Å². The average molecular weight is 1650 g/mol. The molecule has 0 unspecified atom stereocenters. The summed E-state index contributed by atoms with van der Waals surface area (Å²) >= 11 is 2.84. The molecule has 0 radical (unpaired) electrons. The molecule has 6 amide bonds. The molecule has 3 saturated heterocycles. The molecule has 5 aliphatic carbocycles. The molecule has 113 heavy (non-hydrogen) atoms. The lowest BCUT2D eigenvalue weighted by Crippen LogP contribution is -2.66. The number of sulfonamides is 1. The van der Waals surface area contributed by atoms with Gasteiger partial charge in [-0.3, -0.25) is 38.6 Å². The molecule has 6 N–H and O–H groups in total. The van der Waals surface area contributed by atoms with Crippen molar-refractivity contribution in [3.63, 3.8) is 0 Å². The van der Waals surface area contributed by atoms with Crippen molar-refractivity contribution in [1.82, 2.24) is 45.3 Å². The number of aryl methyl sites for hydroxylation is 1. The van der Waals surface area contributed by atoms with Gasteiger partial charge in [0.2, 0.25) is 30.1 Å². The van der Waals surface area contributed by atoms with Gasteiger partial charge in [-0.25, -0.2) is 39.7 Å². The topological polar surface area (TPSA) is 280 Å². The van der Waals surface area contributed by atoms with Gasteiger partial charge in [-0.2, -0.15) is 13.2 Å². The molecule has 4 saturated carbocycles.